The van der Waals surface area contributed by atoms with Gasteiger partial charge in [0.25, 0.3) is 0 Å². The molecule has 18 heavy (non-hydrogen) atoms. The highest BCUT2D eigenvalue weighted by molar-refractivity contribution is 5.66. The SMILES string of the molecule is CCC1=Cc2ccccc2C1Cc1ccccc1. The van der Waals surface area contributed by atoms with E-state index in [4.69, 9.17) is 0 Å². The molecular formula is C18H18. The zero-order valence-electron chi connectivity index (χ0n) is 10.8. The highest BCUT2D eigenvalue weighted by Crippen LogP contribution is 2.39. The molecule has 0 saturated carbocycles. The minimum Gasteiger partial charge on any atom is -0.0622 e. The standard InChI is InChI=1S/C18H18/c1-2-15-13-16-10-6-7-11-17(16)18(15)12-14-8-4-3-5-9-14/h3-11,13,18H,2,12H2,1H3. The topological polar surface area (TPSA) is 0 Å². The van der Waals surface area contributed by atoms with Crippen LogP contribution in [0.5, 0.6) is 0 Å². The largest absolute Gasteiger partial charge is 0.0622 e. The first-order valence-electron chi connectivity index (χ1n) is 6.72. The molecule has 2 aromatic carbocycles. The van der Waals surface area contributed by atoms with E-state index in [2.05, 4.69) is 67.6 Å². The van der Waals surface area contributed by atoms with Crippen LogP contribution in [0.1, 0.15) is 36.0 Å². The number of rotatable bonds is 3. The second kappa shape index (κ2) is 4.81. The quantitative estimate of drug-likeness (QED) is 0.714. The number of hydrogen-bond donors (Lipinski definition) is 0. The van der Waals surface area contributed by atoms with Crippen molar-refractivity contribution in [1.82, 2.24) is 0 Å². The predicted molar refractivity (Wildman–Crippen MR) is 77.6 cm³/mol. The van der Waals surface area contributed by atoms with Crippen LogP contribution < -0.4 is 0 Å². The van der Waals surface area contributed by atoms with Gasteiger partial charge >= 0.3 is 0 Å². The molecular weight excluding hydrogens is 216 g/mol. The summed E-state index contributed by atoms with van der Waals surface area (Å²) in [5, 5.41) is 0. The van der Waals surface area contributed by atoms with Crippen LogP contribution in [0.3, 0.4) is 0 Å². The van der Waals surface area contributed by atoms with E-state index in [1.807, 2.05) is 0 Å². The highest BCUT2D eigenvalue weighted by Gasteiger charge is 2.23. The Labute approximate surface area is 109 Å². The summed E-state index contributed by atoms with van der Waals surface area (Å²) >= 11 is 0. The van der Waals surface area contributed by atoms with Gasteiger partial charge in [0.1, 0.15) is 0 Å². The van der Waals surface area contributed by atoms with Gasteiger partial charge in [-0.15, -0.1) is 0 Å². The molecule has 0 amide bonds. The van der Waals surface area contributed by atoms with Gasteiger partial charge in [-0.2, -0.15) is 0 Å². The summed E-state index contributed by atoms with van der Waals surface area (Å²) in [6.45, 7) is 2.26. The van der Waals surface area contributed by atoms with E-state index in [0.717, 1.165) is 12.8 Å². The van der Waals surface area contributed by atoms with Gasteiger partial charge in [-0.05, 0) is 29.5 Å². The smallest absolute Gasteiger partial charge is 0.00977 e. The molecule has 90 valence electrons. The molecule has 0 spiro atoms. The van der Waals surface area contributed by atoms with Crippen LogP contribution in [0.15, 0.2) is 60.2 Å². The average molecular weight is 234 g/mol. The monoisotopic (exact) mass is 234 g/mol. The minimum atomic E-state index is 0.577. The Morgan fingerprint density at radius 1 is 0.889 bits per heavy atom. The van der Waals surface area contributed by atoms with Crippen molar-refractivity contribution in [1.29, 1.82) is 0 Å². The van der Waals surface area contributed by atoms with E-state index in [1.165, 1.54) is 16.7 Å². The van der Waals surface area contributed by atoms with Gasteiger partial charge in [0.2, 0.25) is 0 Å². The fourth-order valence-electron chi connectivity index (χ4n) is 2.90. The molecule has 0 bridgehead atoms. The second-order valence-electron chi connectivity index (χ2n) is 4.94. The minimum absolute atomic E-state index is 0.577. The molecule has 0 heteroatoms. The van der Waals surface area contributed by atoms with Crippen molar-refractivity contribution >= 4 is 6.08 Å². The highest BCUT2D eigenvalue weighted by atomic mass is 14.3. The van der Waals surface area contributed by atoms with Crippen molar-refractivity contribution in [2.45, 2.75) is 25.7 Å². The number of allylic oxidation sites excluding steroid dienone is 1. The van der Waals surface area contributed by atoms with Crippen molar-refractivity contribution < 1.29 is 0 Å². The molecule has 1 atom stereocenters. The van der Waals surface area contributed by atoms with Crippen molar-refractivity contribution in [3.8, 4) is 0 Å². The number of fused-ring (bicyclic) bond motifs is 1. The Morgan fingerprint density at radius 3 is 2.39 bits per heavy atom. The number of hydrogen-bond acceptors (Lipinski definition) is 0. The summed E-state index contributed by atoms with van der Waals surface area (Å²) in [7, 11) is 0. The van der Waals surface area contributed by atoms with Crippen LogP contribution in [0.25, 0.3) is 6.08 Å². The maximum atomic E-state index is 2.38. The van der Waals surface area contributed by atoms with Gasteiger partial charge in [0.15, 0.2) is 0 Å². The maximum absolute atomic E-state index is 2.38. The van der Waals surface area contributed by atoms with E-state index in [9.17, 15) is 0 Å². The van der Waals surface area contributed by atoms with Crippen molar-refractivity contribution in [2.75, 3.05) is 0 Å². The summed E-state index contributed by atoms with van der Waals surface area (Å²) < 4.78 is 0. The molecule has 0 nitrogen and oxygen atoms in total. The Hall–Kier alpha value is -1.82. The summed E-state index contributed by atoms with van der Waals surface area (Å²) in [6, 6.07) is 19.6. The van der Waals surface area contributed by atoms with Crippen molar-refractivity contribution in [2.24, 2.45) is 0 Å². The van der Waals surface area contributed by atoms with Crippen molar-refractivity contribution in [3.05, 3.63) is 76.9 Å². The van der Waals surface area contributed by atoms with Crippen LogP contribution in [0.4, 0.5) is 0 Å². The third-order valence-electron chi connectivity index (χ3n) is 3.85. The first-order chi connectivity index (χ1) is 8.88. The lowest BCUT2D eigenvalue weighted by Crippen LogP contribution is -2.02. The van der Waals surface area contributed by atoms with Gasteiger partial charge in [0.05, 0.1) is 0 Å². The van der Waals surface area contributed by atoms with E-state index >= 15 is 0 Å². The Bertz CT molecular complexity index is 564. The summed E-state index contributed by atoms with van der Waals surface area (Å²) in [5.41, 5.74) is 5.91. The van der Waals surface area contributed by atoms with Crippen LogP contribution in [0, 0.1) is 0 Å². The average Bonchev–Trinajstić information content (AvgIpc) is 2.78. The molecule has 0 saturated heterocycles. The third kappa shape index (κ3) is 1.99. The fourth-order valence-corrected chi connectivity index (χ4v) is 2.90. The van der Waals surface area contributed by atoms with E-state index in [0.29, 0.717) is 5.92 Å². The molecule has 1 aliphatic rings. The zero-order valence-corrected chi connectivity index (χ0v) is 10.8. The Balaban J connectivity index is 1.94. The first-order valence-corrected chi connectivity index (χ1v) is 6.72. The van der Waals surface area contributed by atoms with Crippen molar-refractivity contribution in [3.63, 3.8) is 0 Å². The first kappa shape index (κ1) is 11.3. The molecule has 3 rings (SSSR count). The van der Waals surface area contributed by atoms with Gasteiger partial charge in [-0.25, -0.2) is 0 Å². The molecule has 0 aliphatic heterocycles. The van der Waals surface area contributed by atoms with E-state index < -0.39 is 0 Å². The summed E-state index contributed by atoms with van der Waals surface area (Å²) in [4.78, 5) is 0. The zero-order chi connectivity index (χ0) is 12.4. The molecule has 0 heterocycles. The summed E-state index contributed by atoms with van der Waals surface area (Å²) in [6.07, 6.45) is 4.65. The lowest BCUT2D eigenvalue weighted by molar-refractivity contribution is 0.772. The number of benzene rings is 2. The molecule has 2 aromatic rings. The molecule has 0 fully saturated rings. The van der Waals surface area contributed by atoms with Gasteiger partial charge in [-0.3, -0.25) is 0 Å². The van der Waals surface area contributed by atoms with Gasteiger partial charge in [-0.1, -0.05) is 73.2 Å². The molecule has 0 aromatic heterocycles. The summed E-state index contributed by atoms with van der Waals surface area (Å²) in [5.74, 6) is 0.577. The molecule has 0 N–H and O–H groups in total. The van der Waals surface area contributed by atoms with Crippen LogP contribution in [-0.2, 0) is 6.42 Å². The van der Waals surface area contributed by atoms with Crippen LogP contribution >= 0.6 is 0 Å². The van der Waals surface area contributed by atoms with Gasteiger partial charge < -0.3 is 0 Å². The Kier molecular flexibility index (Phi) is 3.02. The molecule has 1 aliphatic carbocycles. The maximum Gasteiger partial charge on any atom is 0.00977 e. The second-order valence-corrected chi connectivity index (χ2v) is 4.94. The predicted octanol–water partition coefficient (Wildman–Crippen LogP) is 4.82. The van der Waals surface area contributed by atoms with E-state index in [-0.39, 0.29) is 0 Å². The lowest BCUT2D eigenvalue weighted by atomic mass is 9.88. The van der Waals surface area contributed by atoms with Crippen LogP contribution in [-0.4, -0.2) is 0 Å². The normalized spacial score (nSPS) is 17.4. The van der Waals surface area contributed by atoms with Crippen LogP contribution in [0.2, 0.25) is 0 Å². The molecule has 1 unspecified atom stereocenters. The van der Waals surface area contributed by atoms with Gasteiger partial charge in [0, 0.05) is 5.92 Å². The molecule has 0 radical (unpaired) electrons. The van der Waals surface area contributed by atoms with E-state index in [1.54, 1.807) is 5.57 Å². The third-order valence-corrected chi connectivity index (χ3v) is 3.85. The fraction of sp³-hybridized carbons (Fsp3) is 0.222. The lowest BCUT2D eigenvalue weighted by Gasteiger charge is -2.16. The Morgan fingerprint density at radius 2 is 1.61 bits per heavy atom.